The van der Waals surface area contributed by atoms with Crippen LogP contribution in [0.25, 0.3) is 0 Å². The van der Waals surface area contributed by atoms with E-state index in [0.29, 0.717) is 36.3 Å². The van der Waals surface area contributed by atoms with Gasteiger partial charge in [-0.3, -0.25) is 9.59 Å². The third-order valence-electron chi connectivity index (χ3n) is 5.39. The number of carbonyl (C=O) groups excluding carboxylic acids is 2. The zero-order chi connectivity index (χ0) is 19.3. The van der Waals surface area contributed by atoms with Crippen LogP contribution in [0.2, 0.25) is 0 Å². The molecule has 1 aliphatic carbocycles. The summed E-state index contributed by atoms with van der Waals surface area (Å²) in [6, 6.07) is 11.8. The van der Waals surface area contributed by atoms with Crippen molar-refractivity contribution in [3.63, 3.8) is 0 Å². The van der Waals surface area contributed by atoms with Gasteiger partial charge in [-0.1, -0.05) is 18.2 Å². The van der Waals surface area contributed by atoms with Crippen LogP contribution in [-0.4, -0.2) is 42.5 Å². The maximum absolute atomic E-state index is 12.4. The molecule has 1 aromatic carbocycles. The molecule has 1 saturated heterocycles. The fraction of sp³-hybridized carbons (Fsp3) is 0.455. The third kappa shape index (κ3) is 4.93. The lowest BCUT2D eigenvalue weighted by molar-refractivity contribution is -0.131. The molecule has 5 nitrogen and oxygen atoms in total. The first-order valence-electron chi connectivity index (χ1n) is 10.0. The van der Waals surface area contributed by atoms with Crippen LogP contribution in [0.15, 0.2) is 41.8 Å². The number of carbonyl (C=O) groups is 2. The van der Waals surface area contributed by atoms with Crippen LogP contribution < -0.4 is 10.1 Å². The maximum atomic E-state index is 12.4. The van der Waals surface area contributed by atoms with E-state index in [-0.39, 0.29) is 11.8 Å². The van der Waals surface area contributed by atoms with Gasteiger partial charge in [-0.2, -0.15) is 0 Å². The highest BCUT2D eigenvalue weighted by Gasteiger charge is 2.26. The van der Waals surface area contributed by atoms with Gasteiger partial charge in [0.25, 0.3) is 5.91 Å². The van der Waals surface area contributed by atoms with E-state index in [2.05, 4.69) is 5.32 Å². The molecule has 0 atom stereocenters. The standard InChI is InChI=1S/C22H26N2O3S/c25-21(14-18-4-3-13-28-18)24-11-9-16(10-12-24)15-27-20-6-2-1-5-19(20)22(26)23-17-7-8-17/h1-6,13,16-17H,7-12,14-15H2,(H,23,26). The third-order valence-corrected chi connectivity index (χ3v) is 6.27. The Labute approximate surface area is 169 Å². The summed E-state index contributed by atoms with van der Waals surface area (Å²) in [7, 11) is 0. The molecule has 148 valence electrons. The first-order valence-corrected chi connectivity index (χ1v) is 10.9. The zero-order valence-corrected chi connectivity index (χ0v) is 16.7. The molecule has 2 heterocycles. The molecule has 1 aliphatic heterocycles. The van der Waals surface area contributed by atoms with E-state index < -0.39 is 0 Å². The van der Waals surface area contributed by atoms with Crippen LogP contribution in [-0.2, 0) is 11.2 Å². The minimum atomic E-state index is -0.0490. The lowest BCUT2D eigenvalue weighted by Gasteiger charge is -2.32. The van der Waals surface area contributed by atoms with E-state index in [1.807, 2.05) is 46.7 Å². The predicted molar refractivity (Wildman–Crippen MR) is 110 cm³/mol. The van der Waals surface area contributed by atoms with Gasteiger partial charge in [0.05, 0.1) is 18.6 Å². The fourth-order valence-electron chi connectivity index (χ4n) is 3.50. The van der Waals surface area contributed by atoms with E-state index in [9.17, 15) is 9.59 Å². The quantitative estimate of drug-likeness (QED) is 0.777. The fourth-order valence-corrected chi connectivity index (χ4v) is 4.20. The Kier molecular flexibility index (Phi) is 5.95. The number of amides is 2. The number of nitrogens with zero attached hydrogens (tertiary/aromatic N) is 1. The highest BCUT2D eigenvalue weighted by Crippen LogP contribution is 2.25. The van der Waals surface area contributed by atoms with Gasteiger partial charge in [0.2, 0.25) is 5.91 Å². The molecule has 4 rings (SSSR count). The molecule has 0 bridgehead atoms. The molecular formula is C22H26N2O3S. The van der Waals surface area contributed by atoms with Crippen molar-refractivity contribution in [1.29, 1.82) is 0 Å². The van der Waals surface area contributed by atoms with Gasteiger partial charge in [0.1, 0.15) is 5.75 Å². The van der Waals surface area contributed by atoms with Crippen molar-refractivity contribution in [2.24, 2.45) is 5.92 Å². The van der Waals surface area contributed by atoms with Crippen LogP contribution >= 0.6 is 11.3 Å². The molecule has 2 fully saturated rings. The Bertz CT molecular complexity index is 809. The van der Waals surface area contributed by atoms with E-state index in [4.69, 9.17) is 4.74 Å². The molecule has 2 aliphatic rings. The average molecular weight is 399 g/mol. The Balaban J connectivity index is 1.25. The second-order valence-electron chi connectivity index (χ2n) is 7.64. The van der Waals surface area contributed by atoms with Gasteiger partial charge in [-0.15, -0.1) is 11.3 Å². The number of thiophene rings is 1. The number of para-hydroxylation sites is 1. The van der Waals surface area contributed by atoms with E-state index in [1.165, 1.54) is 0 Å². The second-order valence-corrected chi connectivity index (χ2v) is 8.67. The summed E-state index contributed by atoms with van der Waals surface area (Å²) in [6.45, 7) is 2.14. The normalized spacial score (nSPS) is 17.4. The molecule has 2 aromatic rings. The highest BCUT2D eigenvalue weighted by atomic mass is 32.1. The van der Waals surface area contributed by atoms with Crippen LogP contribution in [0.5, 0.6) is 5.75 Å². The Morgan fingerprint density at radius 2 is 1.86 bits per heavy atom. The minimum Gasteiger partial charge on any atom is -0.492 e. The zero-order valence-electron chi connectivity index (χ0n) is 15.9. The molecule has 1 aromatic heterocycles. The van der Waals surface area contributed by atoms with Crippen molar-refractivity contribution in [3.8, 4) is 5.75 Å². The van der Waals surface area contributed by atoms with Crippen LogP contribution in [0, 0.1) is 5.92 Å². The van der Waals surface area contributed by atoms with Gasteiger partial charge < -0.3 is 15.0 Å². The summed E-state index contributed by atoms with van der Waals surface area (Å²) in [5.41, 5.74) is 0.609. The summed E-state index contributed by atoms with van der Waals surface area (Å²) < 4.78 is 6.02. The van der Waals surface area contributed by atoms with Gasteiger partial charge in [-0.25, -0.2) is 0 Å². The molecule has 2 amide bonds. The van der Waals surface area contributed by atoms with Gasteiger partial charge >= 0.3 is 0 Å². The van der Waals surface area contributed by atoms with Gasteiger partial charge in [0.15, 0.2) is 0 Å². The summed E-state index contributed by atoms with van der Waals surface area (Å²) in [5, 5.41) is 5.03. The largest absolute Gasteiger partial charge is 0.492 e. The summed E-state index contributed by atoms with van der Waals surface area (Å²) in [4.78, 5) is 27.9. The number of hydrogen-bond donors (Lipinski definition) is 1. The van der Waals surface area contributed by atoms with E-state index >= 15 is 0 Å². The Morgan fingerprint density at radius 1 is 1.07 bits per heavy atom. The molecule has 28 heavy (non-hydrogen) atoms. The van der Waals surface area contributed by atoms with Crippen LogP contribution in [0.1, 0.15) is 40.9 Å². The number of piperidine rings is 1. The average Bonchev–Trinajstić information content (AvgIpc) is 3.39. The smallest absolute Gasteiger partial charge is 0.255 e. The second kappa shape index (κ2) is 8.78. The topological polar surface area (TPSA) is 58.6 Å². The van der Waals surface area contributed by atoms with Crippen molar-refractivity contribution in [2.45, 2.75) is 38.1 Å². The number of nitrogens with one attached hydrogen (secondary N) is 1. The molecule has 0 unspecified atom stereocenters. The lowest BCUT2D eigenvalue weighted by atomic mass is 9.97. The van der Waals surface area contributed by atoms with Crippen molar-refractivity contribution in [1.82, 2.24) is 10.2 Å². The highest BCUT2D eigenvalue weighted by molar-refractivity contribution is 7.10. The lowest BCUT2D eigenvalue weighted by Crippen LogP contribution is -2.40. The van der Waals surface area contributed by atoms with Crippen LogP contribution in [0.3, 0.4) is 0 Å². The number of likely N-dealkylation sites (tertiary alicyclic amines) is 1. The molecular weight excluding hydrogens is 372 g/mol. The number of benzene rings is 1. The van der Waals surface area contributed by atoms with Crippen LogP contribution in [0.4, 0.5) is 0 Å². The van der Waals surface area contributed by atoms with Crippen molar-refractivity contribution >= 4 is 23.2 Å². The van der Waals surface area contributed by atoms with Gasteiger partial charge in [0, 0.05) is 24.0 Å². The Morgan fingerprint density at radius 3 is 2.57 bits per heavy atom. The number of rotatable bonds is 7. The monoisotopic (exact) mass is 398 g/mol. The number of ether oxygens (including phenoxy) is 1. The minimum absolute atomic E-state index is 0.0490. The Hall–Kier alpha value is -2.34. The van der Waals surface area contributed by atoms with E-state index in [0.717, 1.165) is 43.6 Å². The first-order chi connectivity index (χ1) is 13.7. The maximum Gasteiger partial charge on any atom is 0.255 e. The van der Waals surface area contributed by atoms with Crippen molar-refractivity contribution in [2.75, 3.05) is 19.7 Å². The SMILES string of the molecule is O=C(NC1CC1)c1ccccc1OCC1CCN(C(=O)Cc2cccs2)CC1. The molecule has 0 spiro atoms. The summed E-state index contributed by atoms with van der Waals surface area (Å²) in [6.07, 6.45) is 4.51. The molecule has 1 saturated carbocycles. The molecule has 0 radical (unpaired) electrons. The van der Waals surface area contributed by atoms with Gasteiger partial charge in [-0.05, 0) is 55.2 Å². The number of hydrogen-bond acceptors (Lipinski definition) is 4. The van der Waals surface area contributed by atoms with Crippen molar-refractivity contribution in [3.05, 3.63) is 52.2 Å². The predicted octanol–water partition coefficient (Wildman–Crippen LogP) is 3.50. The van der Waals surface area contributed by atoms with E-state index in [1.54, 1.807) is 11.3 Å². The molecule has 1 N–H and O–H groups in total. The summed E-state index contributed by atoms with van der Waals surface area (Å²) in [5.74, 6) is 1.22. The summed E-state index contributed by atoms with van der Waals surface area (Å²) >= 11 is 1.63. The van der Waals surface area contributed by atoms with Crippen molar-refractivity contribution < 1.29 is 14.3 Å². The first kappa shape index (κ1) is 19.0. The molecule has 6 heteroatoms.